The topological polar surface area (TPSA) is 463 Å². The fourth-order valence-corrected chi connectivity index (χ4v) is 9.48. The summed E-state index contributed by atoms with van der Waals surface area (Å²) in [5, 5.41) is 52.2. The van der Waals surface area contributed by atoms with Gasteiger partial charge in [-0.15, -0.1) is 0 Å². The maximum Gasteiger partial charge on any atom is 0.329 e. The maximum atomic E-state index is 14.4. The average Bonchev–Trinajstić information content (AvgIpc) is 4.08. The highest BCUT2D eigenvalue weighted by Crippen LogP contribution is 2.18. The number of likely N-dealkylation sites (N-methyl/N-ethyl adjacent to an activating group) is 1. The van der Waals surface area contributed by atoms with Crippen LogP contribution in [0, 0.1) is 23.7 Å². The molecule has 0 aromatic heterocycles. The third-order valence-electron chi connectivity index (χ3n) is 16.1. The molecule has 0 unspecified atom stereocenters. The molecule has 1 aromatic rings. The van der Waals surface area contributed by atoms with Gasteiger partial charge in [0.05, 0.1) is 25.3 Å². The Morgan fingerprint density at radius 2 is 1.12 bits per heavy atom. The lowest BCUT2D eigenvalue weighted by molar-refractivity contribution is -0.157. The number of nitrogens with zero attached hydrogens (tertiary/aromatic N) is 1. The van der Waals surface area contributed by atoms with Gasteiger partial charge in [0, 0.05) is 19.4 Å². The Morgan fingerprint density at radius 3 is 1.60 bits per heavy atom. The van der Waals surface area contributed by atoms with E-state index in [9.17, 15) is 67.7 Å². The number of primary amides is 1. The number of carbonyl (C=O) groups excluding carboxylic acids is 12. The number of amides is 11. The summed E-state index contributed by atoms with van der Waals surface area (Å²) >= 11 is 0. The number of ether oxygens (including phenoxy) is 1. The molecule has 0 spiro atoms. The Kier molecular flexibility index (Phi) is 30.7. The second-order valence-corrected chi connectivity index (χ2v) is 22.8. The van der Waals surface area contributed by atoms with Gasteiger partial charge in [-0.05, 0) is 63.0 Å². The molecule has 2 aliphatic rings. The van der Waals surface area contributed by atoms with Crippen LogP contribution in [0.25, 0.3) is 0 Å². The van der Waals surface area contributed by atoms with Crippen LogP contribution < -0.4 is 75.3 Å². The molecule has 0 aliphatic carbocycles. The second-order valence-electron chi connectivity index (χ2n) is 22.8. The number of aliphatic hydroxyl groups is 2. The zero-order valence-electron chi connectivity index (χ0n) is 52.3. The SMILES string of the molecule is CC[C@@H](C)[C@@H]1NC(=O)[C@H](C[C@H]2CNC(N)=N2)NC(=O)[C@H](C)NC(=O)[C@H](NC(=O)[C@H](CO)NC(=O)[C@@H](NC(=O)[C@H](NC(=O)[C@@H](CCC(N)=O)NC(=O)[C@H](CO)NC(=O)[C@@H](NC(=O)[C@@H](Cc2ccccc2)NC)[C@@H](C)CC)[C@@H](C)CC)[C@@H](C)CC)[C@H](C)OC1=O. The second kappa shape index (κ2) is 36.4. The molecule has 2 heterocycles. The monoisotopic (exact) mass is 1240 g/mol. The number of hydrogen-bond donors (Lipinski definition) is 16. The first-order valence-corrected chi connectivity index (χ1v) is 30.1. The van der Waals surface area contributed by atoms with E-state index in [0.717, 1.165) is 5.56 Å². The fraction of sp³-hybridized carbons (Fsp3) is 0.672. The number of hydrogen-bond acceptors (Lipinski definition) is 19. The van der Waals surface area contributed by atoms with E-state index >= 15 is 0 Å². The van der Waals surface area contributed by atoms with Crippen molar-refractivity contribution in [1.29, 1.82) is 0 Å². The minimum Gasteiger partial charge on any atom is -0.458 e. The summed E-state index contributed by atoms with van der Waals surface area (Å²) in [7, 11) is 1.60. The summed E-state index contributed by atoms with van der Waals surface area (Å²) in [6, 6.07) is -6.94. The largest absolute Gasteiger partial charge is 0.458 e. The molecular weight excluding hydrogens is 1150 g/mol. The number of aliphatic imine (C=N–C) groups is 1. The van der Waals surface area contributed by atoms with Gasteiger partial charge >= 0.3 is 5.97 Å². The standard InChI is InChI=1S/C58H95N15O15/c1-12-28(5)42(70-49(79)37(61-11)23-34-19-17-16-18-20-34)53(83)67-39(26-74)51(81)65-36(21-22-41(59)76)48(78)69-44(30(7)14-3)55(85)71-43(29(6)13-2)54(84)68-40(27-75)52(82)73-46-33(10)88-57(87)45(31(8)15-4)72-50(80)38(24-35-25-62-58(60)64-35)66-47(77)32(9)63-56(46)86/h16-20,28-33,35-40,42-46,61,74-75H,12-15,21-27H2,1-11H3,(H2,59,76)(H,63,86)(H,65,81)(H,66,77)(H,67,83)(H,68,84)(H,69,78)(H,70,79)(H,71,85)(H,72,80)(H,73,82)(H3,60,62,64)/t28-,29-,30-,31+,32-,33-,35-,36+,37+,38-,39-,40-,42-,43-,44+,45-,46+/m0/s1. The first kappa shape index (κ1) is 74.3. The van der Waals surface area contributed by atoms with Crippen LogP contribution in [0.15, 0.2) is 35.3 Å². The molecule has 0 radical (unpaired) electrons. The summed E-state index contributed by atoms with van der Waals surface area (Å²) in [5.41, 5.74) is 12.1. The fourth-order valence-electron chi connectivity index (χ4n) is 9.48. The molecule has 1 aromatic carbocycles. The normalized spacial score (nSPS) is 22.7. The number of rotatable bonds is 32. The van der Waals surface area contributed by atoms with Crippen molar-refractivity contribution in [2.24, 2.45) is 40.1 Å². The molecule has 1 saturated heterocycles. The summed E-state index contributed by atoms with van der Waals surface area (Å²) in [6.07, 6.45) is -0.782. The molecule has 30 heteroatoms. The van der Waals surface area contributed by atoms with Crippen LogP contribution in [0.1, 0.15) is 120 Å². The summed E-state index contributed by atoms with van der Waals surface area (Å²) in [6.45, 7) is 14.4. The predicted octanol–water partition coefficient (Wildman–Crippen LogP) is -4.26. The van der Waals surface area contributed by atoms with Crippen LogP contribution in [0.3, 0.4) is 0 Å². The van der Waals surface area contributed by atoms with Gasteiger partial charge in [-0.25, -0.2) is 9.79 Å². The van der Waals surface area contributed by atoms with E-state index in [-0.39, 0.29) is 31.8 Å². The van der Waals surface area contributed by atoms with Gasteiger partial charge in [0.1, 0.15) is 66.5 Å². The van der Waals surface area contributed by atoms with Crippen LogP contribution >= 0.6 is 0 Å². The van der Waals surface area contributed by atoms with E-state index in [1.165, 1.54) is 13.8 Å². The predicted molar refractivity (Wildman–Crippen MR) is 322 cm³/mol. The maximum absolute atomic E-state index is 14.4. The van der Waals surface area contributed by atoms with E-state index < -0.39 is 199 Å². The number of esters is 1. The Hall–Kier alpha value is -7.99. The highest BCUT2D eigenvalue weighted by Gasteiger charge is 2.41. The van der Waals surface area contributed by atoms with E-state index in [1.54, 1.807) is 62.4 Å². The Bertz CT molecular complexity index is 2610. The van der Waals surface area contributed by atoms with Gasteiger partial charge in [0.15, 0.2) is 5.96 Å². The van der Waals surface area contributed by atoms with Crippen molar-refractivity contribution in [3.8, 4) is 0 Å². The van der Waals surface area contributed by atoms with E-state index in [2.05, 4.69) is 68.8 Å². The number of benzene rings is 1. The lowest BCUT2D eigenvalue weighted by Crippen LogP contribution is -2.63. The Balaban J connectivity index is 1.85. The number of cyclic esters (lactones) is 1. The summed E-state index contributed by atoms with van der Waals surface area (Å²) in [4.78, 5) is 170. The van der Waals surface area contributed by atoms with Gasteiger partial charge in [-0.1, -0.05) is 111 Å². The molecule has 88 heavy (non-hydrogen) atoms. The van der Waals surface area contributed by atoms with Crippen LogP contribution in [0.4, 0.5) is 0 Å². The van der Waals surface area contributed by atoms with E-state index in [0.29, 0.717) is 19.3 Å². The Morgan fingerprint density at radius 1 is 0.636 bits per heavy atom. The highest BCUT2D eigenvalue weighted by atomic mass is 16.5. The highest BCUT2D eigenvalue weighted by molar-refractivity contribution is 5.99. The lowest BCUT2D eigenvalue weighted by Gasteiger charge is -2.31. The molecule has 11 amide bonds. The number of nitrogens with one attached hydrogen (secondary N) is 12. The van der Waals surface area contributed by atoms with Crippen molar-refractivity contribution in [3.05, 3.63) is 35.9 Å². The van der Waals surface area contributed by atoms with Crippen molar-refractivity contribution in [1.82, 2.24) is 63.8 Å². The van der Waals surface area contributed by atoms with Crippen molar-refractivity contribution in [3.63, 3.8) is 0 Å². The first-order chi connectivity index (χ1) is 41.6. The molecule has 17 atom stereocenters. The molecule has 492 valence electrons. The molecular formula is C58H95N15O15. The number of guanidine groups is 1. The quantitative estimate of drug-likeness (QED) is 0.0304. The van der Waals surface area contributed by atoms with Crippen molar-refractivity contribution < 1.29 is 72.5 Å². The van der Waals surface area contributed by atoms with Gasteiger partial charge in [-0.2, -0.15) is 0 Å². The molecule has 2 aliphatic heterocycles. The molecule has 18 N–H and O–H groups in total. The number of nitrogens with two attached hydrogens (primary N) is 2. The minimum atomic E-state index is -1.82. The van der Waals surface area contributed by atoms with Gasteiger partial charge in [0.25, 0.3) is 0 Å². The molecule has 0 saturated carbocycles. The molecule has 1 fully saturated rings. The number of aliphatic hydroxyl groups excluding tert-OH is 2. The van der Waals surface area contributed by atoms with Crippen molar-refractivity contribution >= 4 is 76.9 Å². The van der Waals surface area contributed by atoms with E-state index in [4.69, 9.17) is 16.2 Å². The zero-order valence-corrected chi connectivity index (χ0v) is 52.3. The van der Waals surface area contributed by atoms with Crippen molar-refractivity contribution in [2.75, 3.05) is 26.8 Å². The lowest BCUT2D eigenvalue weighted by atomic mass is 9.94. The molecule has 3 rings (SSSR count). The van der Waals surface area contributed by atoms with E-state index in [1.807, 2.05) is 30.3 Å². The summed E-state index contributed by atoms with van der Waals surface area (Å²) < 4.78 is 5.73. The first-order valence-electron chi connectivity index (χ1n) is 30.1. The van der Waals surface area contributed by atoms with Gasteiger partial charge in [0.2, 0.25) is 65.0 Å². The molecule has 30 nitrogen and oxygen atoms in total. The third kappa shape index (κ3) is 22.3. The van der Waals surface area contributed by atoms with Crippen LogP contribution in [-0.2, 0) is 68.7 Å². The van der Waals surface area contributed by atoms with Crippen LogP contribution in [0.5, 0.6) is 0 Å². The zero-order chi connectivity index (χ0) is 66.1. The van der Waals surface area contributed by atoms with Gasteiger partial charge < -0.3 is 90.2 Å². The van der Waals surface area contributed by atoms with Crippen molar-refractivity contribution in [2.45, 2.75) is 199 Å². The number of carbonyl (C=O) groups is 12. The van der Waals surface area contributed by atoms with Gasteiger partial charge in [-0.3, -0.25) is 52.7 Å². The molecule has 0 bridgehead atoms. The smallest absolute Gasteiger partial charge is 0.329 e. The van der Waals surface area contributed by atoms with Crippen LogP contribution in [-0.4, -0.2) is 193 Å². The third-order valence-corrected chi connectivity index (χ3v) is 16.1. The Labute approximate surface area is 513 Å². The average molecular weight is 1240 g/mol. The summed E-state index contributed by atoms with van der Waals surface area (Å²) in [5.74, 6) is -13.1. The van der Waals surface area contributed by atoms with Crippen LogP contribution in [0.2, 0.25) is 0 Å². The minimum absolute atomic E-state index is 0.0347.